The molecular formula is C13H16F2N2O3. The maximum Gasteiger partial charge on any atom is 0.337 e. The van der Waals surface area contributed by atoms with Gasteiger partial charge in [0.1, 0.15) is 0 Å². The van der Waals surface area contributed by atoms with Gasteiger partial charge in [-0.05, 0) is 25.5 Å². The number of carboxylic acids is 1. The van der Waals surface area contributed by atoms with Crippen molar-refractivity contribution in [2.45, 2.75) is 25.7 Å². The fourth-order valence-corrected chi connectivity index (χ4v) is 1.65. The molecule has 1 amide bonds. The smallest absolute Gasteiger partial charge is 0.337 e. The molecule has 0 unspecified atom stereocenters. The lowest BCUT2D eigenvalue weighted by Gasteiger charge is -2.09. The molecule has 20 heavy (non-hydrogen) atoms. The first-order valence-electron chi connectivity index (χ1n) is 6.18. The molecule has 5 nitrogen and oxygen atoms in total. The summed E-state index contributed by atoms with van der Waals surface area (Å²) in [6.45, 7) is 0.536. The van der Waals surface area contributed by atoms with E-state index in [4.69, 9.17) is 10.8 Å². The Bertz CT molecular complexity index is 507. The van der Waals surface area contributed by atoms with Crippen LogP contribution >= 0.6 is 0 Å². The van der Waals surface area contributed by atoms with Crippen LogP contribution in [0.4, 0.5) is 14.5 Å². The minimum atomic E-state index is -1.44. The third kappa shape index (κ3) is 4.58. The normalized spacial score (nSPS) is 10.3. The van der Waals surface area contributed by atoms with Crippen LogP contribution in [0.3, 0.4) is 0 Å². The van der Waals surface area contributed by atoms with Gasteiger partial charge in [-0.15, -0.1) is 0 Å². The van der Waals surface area contributed by atoms with Crippen molar-refractivity contribution in [2.24, 2.45) is 5.73 Å². The van der Waals surface area contributed by atoms with Gasteiger partial charge in [-0.25, -0.2) is 13.6 Å². The second-order valence-electron chi connectivity index (χ2n) is 4.26. The van der Waals surface area contributed by atoms with Crippen LogP contribution in [0.15, 0.2) is 12.1 Å². The second-order valence-corrected chi connectivity index (χ2v) is 4.26. The lowest BCUT2D eigenvalue weighted by molar-refractivity contribution is -0.116. The van der Waals surface area contributed by atoms with Crippen molar-refractivity contribution in [3.63, 3.8) is 0 Å². The molecule has 4 N–H and O–H groups in total. The number of nitrogens with one attached hydrogen (secondary N) is 1. The molecule has 0 bridgehead atoms. The van der Waals surface area contributed by atoms with E-state index in [9.17, 15) is 18.4 Å². The average molecular weight is 286 g/mol. The lowest BCUT2D eigenvalue weighted by Crippen LogP contribution is -2.15. The molecule has 7 heteroatoms. The molecule has 0 aromatic heterocycles. The van der Waals surface area contributed by atoms with Gasteiger partial charge in [-0.2, -0.15) is 0 Å². The molecule has 0 aliphatic rings. The topological polar surface area (TPSA) is 92.4 Å². The second kappa shape index (κ2) is 7.54. The number of carbonyl (C=O) groups is 2. The van der Waals surface area contributed by atoms with Gasteiger partial charge in [0.05, 0.1) is 11.3 Å². The molecule has 1 rings (SSSR count). The number of hydrogen-bond acceptors (Lipinski definition) is 3. The standard InChI is InChI=1S/C13H16F2N2O3/c14-9-6-8(13(19)20)11(7-10(9)15)17-12(18)4-2-1-3-5-16/h6-7H,1-5,16H2,(H,17,18)(H,19,20). The number of amides is 1. The summed E-state index contributed by atoms with van der Waals surface area (Å²) >= 11 is 0. The van der Waals surface area contributed by atoms with Gasteiger partial charge in [0.25, 0.3) is 0 Å². The van der Waals surface area contributed by atoms with E-state index in [1.807, 2.05) is 0 Å². The van der Waals surface area contributed by atoms with Crippen LogP contribution in [-0.4, -0.2) is 23.5 Å². The molecular weight excluding hydrogens is 270 g/mol. The van der Waals surface area contributed by atoms with Crippen molar-refractivity contribution >= 4 is 17.6 Å². The summed E-state index contributed by atoms with van der Waals surface area (Å²) in [4.78, 5) is 22.5. The van der Waals surface area contributed by atoms with Gasteiger partial charge in [0, 0.05) is 12.5 Å². The number of hydrogen-bond donors (Lipinski definition) is 3. The first kappa shape index (κ1) is 16.0. The van der Waals surface area contributed by atoms with Gasteiger partial charge >= 0.3 is 5.97 Å². The van der Waals surface area contributed by atoms with Crippen LogP contribution in [0.5, 0.6) is 0 Å². The summed E-state index contributed by atoms with van der Waals surface area (Å²) in [7, 11) is 0. The molecule has 1 aromatic carbocycles. The third-order valence-corrected chi connectivity index (χ3v) is 2.67. The summed E-state index contributed by atoms with van der Waals surface area (Å²) in [5.74, 6) is -4.38. The fourth-order valence-electron chi connectivity index (χ4n) is 1.65. The van der Waals surface area contributed by atoms with Gasteiger partial charge in [0.15, 0.2) is 11.6 Å². The van der Waals surface area contributed by atoms with E-state index in [2.05, 4.69) is 5.32 Å². The van der Waals surface area contributed by atoms with Gasteiger partial charge in [-0.1, -0.05) is 6.42 Å². The molecule has 0 atom stereocenters. The number of halogens is 2. The van der Waals surface area contributed by atoms with Gasteiger partial charge in [-0.3, -0.25) is 4.79 Å². The van der Waals surface area contributed by atoms with E-state index >= 15 is 0 Å². The number of anilines is 1. The predicted molar refractivity (Wildman–Crippen MR) is 69.5 cm³/mol. The van der Waals surface area contributed by atoms with E-state index in [0.29, 0.717) is 25.1 Å². The number of carboxylic acid groups (broad SMARTS) is 1. The van der Waals surface area contributed by atoms with Crippen LogP contribution in [-0.2, 0) is 4.79 Å². The van der Waals surface area contributed by atoms with Crippen molar-refractivity contribution in [3.05, 3.63) is 29.3 Å². The van der Waals surface area contributed by atoms with Crippen molar-refractivity contribution < 1.29 is 23.5 Å². The molecule has 0 saturated heterocycles. The van der Waals surface area contributed by atoms with E-state index in [0.717, 1.165) is 12.8 Å². The zero-order valence-electron chi connectivity index (χ0n) is 10.8. The Morgan fingerprint density at radius 1 is 1.15 bits per heavy atom. The van der Waals surface area contributed by atoms with Crippen LogP contribution < -0.4 is 11.1 Å². The van der Waals surface area contributed by atoms with Crippen molar-refractivity contribution in [3.8, 4) is 0 Å². The number of carbonyl (C=O) groups excluding carboxylic acids is 1. The Balaban J connectivity index is 2.73. The number of nitrogens with two attached hydrogens (primary N) is 1. The Morgan fingerprint density at radius 2 is 1.80 bits per heavy atom. The quantitative estimate of drug-likeness (QED) is 0.669. The first-order valence-corrected chi connectivity index (χ1v) is 6.18. The average Bonchev–Trinajstić information content (AvgIpc) is 2.38. The van der Waals surface area contributed by atoms with Crippen molar-refractivity contribution in [2.75, 3.05) is 11.9 Å². The van der Waals surface area contributed by atoms with E-state index in [1.54, 1.807) is 0 Å². The highest BCUT2D eigenvalue weighted by atomic mass is 19.2. The molecule has 1 aromatic rings. The van der Waals surface area contributed by atoms with Crippen molar-refractivity contribution in [1.82, 2.24) is 0 Å². The summed E-state index contributed by atoms with van der Waals surface area (Å²) < 4.78 is 26.1. The Morgan fingerprint density at radius 3 is 2.40 bits per heavy atom. The Labute approximate surface area is 114 Å². The zero-order valence-corrected chi connectivity index (χ0v) is 10.8. The molecule has 0 heterocycles. The fraction of sp³-hybridized carbons (Fsp3) is 0.385. The molecule has 0 aliphatic carbocycles. The van der Waals surface area contributed by atoms with Crippen LogP contribution in [0.2, 0.25) is 0 Å². The molecule has 0 radical (unpaired) electrons. The molecule has 0 saturated carbocycles. The molecule has 0 fully saturated rings. The summed E-state index contributed by atoms with van der Waals surface area (Å²) in [6, 6.07) is 1.21. The Kier molecular flexibility index (Phi) is 6.05. The maximum atomic E-state index is 13.1. The maximum absolute atomic E-state index is 13.1. The minimum Gasteiger partial charge on any atom is -0.478 e. The van der Waals surface area contributed by atoms with E-state index in [-0.39, 0.29) is 12.1 Å². The summed E-state index contributed by atoms with van der Waals surface area (Å²) in [5, 5.41) is 11.2. The summed E-state index contributed by atoms with van der Waals surface area (Å²) in [6.07, 6.45) is 2.32. The van der Waals surface area contributed by atoms with Crippen LogP contribution in [0, 0.1) is 11.6 Å². The highest BCUT2D eigenvalue weighted by Crippen LogP contribution is 2.20. The number of benzene rings is 1. The van der Waals surface area contributed by atoms with Crippen LogP contribution in [0.25, 0.3) is 0 Å². The molecule has 0 spiro atoms. The highest BCUT2D eigenvalue weighted by molar-refractivity contribution is 6.00. The number of rotatable bonds is 7. The predicted octanol–water partition coefficient (Wildman–Crippen LogP) is 2.12. The van der Waals surface area contributed by atoms with E-state index in [1.165, 1.54) is 0 Å². The molecule has 0 aliphatic heterocycles. The van der Waals surface area contributed by atoms with E-state index < -0.39 is 29.1 Å². The van der Waals surface area contributed by atoms with Gasteiger partial charge in [0.2, 0.25) is 5.91 Å². The Hall–Kier alpha value is -2.02. The molecule has 110 valence electrons. The zero-order chi connectivity index (χ0) is 15.1. The largest absolute Gasteiger partial charge is 0.478 e. The first-order chi connectivity index (χ1) is 9.45. The van der Waals surface area contributed by atoms with Gasteiger partial charge < -0.3 is 16.2 Å². The number of aromatic carboxylic acids is 1. The monoisotopic (exact) mass is 286 g/mol. The minimum absolute atomic E-state index is 0.165. The van der Waals surface area contributed by atoms with Crippen molar-refractivity contribution in [1.29, 1.82) is 0 Å². The lowest BCUT2D eigenvalue weighted by atomic mass is 10.1. The highest BCUT2D eigenvalue weighted by Gasteiger charge is 2.16. The number of unbranched alkanes of at least 4 members (excludes halogenated alkanes) is 2. The summed E-state index contributed by atoms with van der Waals surface area (Å²) in [5.41, 5.74) is 4.57. The van der Waals surface area contributed by atoms with Crippen LogP contribution in [0.1, 0.15) is 36.0 Å². The SMILES string of the molecule is NCCCCCC(=O)Nc1cc(F)c(F)cc1C(=O)O. The third-order valence-electron chi connectivity index (χ3n) is 2.67.